The lowest BCUT2D eigenvalue weighted by molar-refractivity contribution is -0.118. The van der Waals surface area contributed by atoms with Gasteiger partial charge in [-0.25, -0.2) is 4.79 Å². The van der Waals surface area contributed by atoms with E-state index in [0.717, 1.165) is 0 Å². The van der Waals surface area contributed by atoms with E-state index in [4.69, 9.17) is 26.6 Å². The van der Waals surface area contributed by atoms with Gasteiger partial charge in [0.15, 0.2) is 0 Å². The molecule has 0 bridgehead atoms. The zero-order valence-corrected chi connectivity index (χ0v) is 16.8. The van der Waals surface area contributed by atoms with Crippen molar-refractivity contribution in [2.75, 3.05) is 12.3 Å². The van der Waals surface area contributed by atoms with Gasteiger partial charge in [-0.15, -0.1) is 0 Å². The summed E-state index contributed by atoms with van der Waals surface area (Å²) in [5.41, 5.74) is 5.85. The number of aromatic carboxylic acids is 1. The van der Waals surface area contributed by atoms with Gasteiger partial charge in [0.1, 0.15) is 0 Å². The molecule has 1 amide bonds. The van der Waals surface area contributed by atoms with Crippen molar-refractivity contribution >= 4 is 42.4 Å². The quantitative estimate of drug-likeness (QED) is 0.523. The van der Waals surface area contributed by atoms with E-state index in [-0.39, 0.29) is 28.7 Å². The van der Waals surface area contributed by atoms with Crippen LogP contribution >= 0.6 is 11.6 Å². The summed E-state index contributed by atoms with van der Waals surface area (Å²) in [6.45, 7) is 9.22. The topological polar surface area (TPSA) is 111 Å². The Morgan fingerprint density at radius 2 is 1.81 bits per heavy atom. The molecular formula is C18H24BClN2O5. The molecule has 1 heterocycles. The molecular weight excluding hydrogens is 370 g/mol. The smallest absolute Gasteiger partial charge is 0.478 e. The Bertz CT molecular complexity index is 791. The Hall–Kier alpha value is -2.03. The third kappa shape index (κ3) is 4.64. The van der Waals surface area contributed by atoms with Crippen LogP contribution in [-0.2, 0) is 14.1 Å². The van der Waals surface area contributed by atoms with Gasteiger partial charge in [0.05, 0.1) is 22.5 Å². The second kappa shape index (κ2) is 7.54. The summed E-state index contributed by atoms with van der Waals surface area (Å²) in [5, 5.41) is 12.3. The number of carbonyl (C=O) groups is 2. The number of hydrogen-bond acceptors (Lipinski definition) is 5. The van der Waals surface area contributed by atoms with Crippen LogP contribution in [0.4, 0.5) is 5.69 Å². The molecule has 2 rings (SSSR count). The van der Waals surface area contributed by atoms with E-state index < -0.39 is 24.3 Å². The largest absolute Gasteiger partial charge is 0.492 e. The zero-order valence-electron chi connectivity index (χ0n) is 16.1. The van der Waals surface area contributed by atoms with Crippen LogP contribution < -0.4 is 11.1 Å². The van der Waals surface area contributed by atoms with Crippen molar-refractivity contribution in [1.82, 2.24) is 5.32 Å². The van der Waals surface area contributed by atoms with E-state index >= 15 is 0 Å². The Balaban J connectivity index is 2.49. The number of hydrogen-bond donors (Lipinski definition) is 3. The Morgan fingerprint density at radius 1 is 1.26 bits per heavy atom. The predicted octanol–water partition coefficient (Wildman–Crippen LogP) is 2.77. The number of carboxylic acids is 1. The highest BCUT2D eigenvalue weighted by molar-refractivity contribution is 6.56. The number of halogens is 1. The van der Waals surface area contributed by atoms with Crippen molar-refractivity contribution < 1.29 is 24.0 Å². The molecule has 1 aromatic carbocycles. The lowest BCUT2D eigenvalue weighted by Crippen LogP contribution is -2.41. The van der Waals surface area contributed by atoms with Gasteiger partial charge < -0.3 is 25.5 Å². The van der Waals surface area contributed by atoms with Crippen LogP contribution in [0.2, 0.25) is 5.02 Å². The fraction of sp³-hybridized carbons (Fsp3) is 0.444. The van der Waals surface area contributed by atoms with Crippen LogP contribution in [0.15, 0.2) is 17.6 Å². The molecule has 0 aromatic heterocycles. The molecule has 0 aliphatic carbocycles. The number of carboxylic acid groups (broad SMARTS) is 1. The maximum atomic E-state index is 11.4. The average Bonchev–Trinajstić information content (AvgIpc) is 2.74. The molecule has 1 fully saturated rings. The molecule has 0 spiro atoms. The average molecular weight is 395 g/mol. The summed E-state index contributed by atoms with van der Waals surface area (Å²) < 4.78 is 12.1. The number of nitrogens with one attached hydrogen (secondary N) is 1. The number of nitrogen functional groups attached to an aromatic ring is 1. The highest BCUT2D eigenvalue weighted by Gasteiger charge is 2.52. The number of amides is 1. The lowest BCUT2D eigenvalue weighted by atomic mass is 9.76. The normalized spacial score (nSPS) is 18.4. The third-order valence-corrected chi connectivity index (χ3v) is 5.06. The van der Waals surface area contributed by atoms with Crippen molar-refractivity contribution in [2.45, 2.75) is 45.8 Å². The van der Waals surface area contributed by atoms with Crippen molar-refractivity contribution in [3.05, 3.63) is 33.8 Å². The molecule has 4 N–H and O–H groups in total. The molecule has 1 aromatic rings. The molecule has 0 unspecified atom stereocenters. The van der Waals surface area contributed by atoms with E-state index in [1.54, 1.807) is 12.1 Å². The fourth-order valence-electron chi connectivity index (χ4n) is 2.56. The van der Waals surface area contributed by atoms with Crippen LogP contribution in [0.5, 0.6) is 0 Å². The monoisotopic (exact) mass is 394 g/mol. The minimum atomic E-state index is -1.18. The van der Waals surface area contributed by atoms with Crippen LogP contribution in [0.3, 0.4) is 0 Å². The molecule has 9 heteroatoms. The standard InChI is InChI=1S/C18H24BClN2O5/c1-10(23)22-9-12(19-26-17(2,3)18(4,5)27-19)6-11-7-13(20)8-14(15(11)21)16(24)25/h6-8H,9,21H2,1-5H3,(H,22,23)(H,24,25). The first kappa shape index (κ1) is 21.3. The molecule has 0 radical (unpaired) electrons. The Kier molecular flexibility index (Phi) is 5.94. The molecule has 1 saturated heterocycles. The second-order valence-corrected chi connectivity index (χ2v) is 7.92. The van der Waals surface area contributed by atoms with Crippen LogP contribution in [0.1, 0.15) is 50.5 Å². The maximum absolute atomic E-state index is 11.4. The minimum absolute atomic E-state index is 0.0729. The van der Waals surface area contributed by atoms with Crippen LogP contribution in [-0.4, -0.2) is 41.8 Å². The van der Waals surface area contributed by atoms with Crippen molar-refractivity contribution in [3.63, 3.8) is 0 Å². The molecule has 1 aliphatic heterocycles. The summed E-state index contributed by atoms with van der Waals surface area (Å²) in [4.78, 5) is 22.8. The number of anilines is 1. The van der Waals surface area contributed by atoms with Crippen LogP contribution in [0.25, 0.3) is 6.08 Å². The summed E-state index contributed by atoms with van der Waals surface area (Å²) in [6.07, 6.45) is 1.64. The fourth-order valence-corrected chi connectivity index (χ4v) is 2.79. The Morgan fingerprint density at radius 3 is 2.30 bits per heavy atom. The van der Waals surface area contributed by atoms with E-state index in [0.29, 0.717) is 11.0 Å². The van der Waals surface area contributed by atoms with Crippen LogP contribution in [0, 0.1) is 0 Å². The highest BCUT2D eigenvalue weighted by Crippen LogP contribution is 2.39. The van der Waals surface area contributed by atoms with Gasteiger partial charge >= 0.3 is 13.1 Å². The third-order valence-electron chi connectivity index (χ3n) is 4.85. The molecule has 146 valence electrons. The summed E-state index contributed by atoms with van der Waals surface area (Å²) >= 11 is 6.05. The van der Waals surface area contributed by atoms with Gasteiger partial charge in [-0.2, -0.15) is 0 Å². The van der Waals surface area contributed by atoms with E-state index in [1.807, 2.05) is 27.7 Å². The van der Waals surface area contributed by atoms with Crippen molar-refractivity contribution in [3.8, 4) is 0 Å². The summed E-state index contributed by atoms with van der Waals surface area (Å²) in [6, 6.07) is 2.85. The molecule has 0 atom stereocenters. The van der Waals surface area contributed by atoms with Gasteiger partial charge in [-0.1, -0.05) is 17.7 Å². The zero-order chi connectivity index (χ0) is 20.6. The number of carbonyl (C=O) groups excluding carboxylic acids is 1. The number of nitrogens with two attached hydrogens (primary N) is 1. The first-order valence-electron chi connectivity index (χ1n) is 8.47. The summed E-state index contributed by atoms with van der Waals surface area (Å²) in [5.74, 6) is -1.40. The maximum Gasteiger partial charge on any atom is 0.492 e. The van der Waals surface area contributed by atoms with Crippen molar-refractivity contribution in [1.29, 1.82) is 0 Å². The molecule has 27 heavy (non-hydrogen) atoms. The van der Waals surface area contributed by atoms with Gasteiger partial charge in [0.2, 0.25) is 5.91 Å². The minimum Gasteiger partial charge on any atom is -0.478 e. The second-order valence-electron chi connectivity index (χ2n) is 7.48. The van der Waals surface area contributed by atoms with E-state index in [2.05, 4.69) is 5.32 Å². The Labute approximate surface area is 164 Å². The molecule has 0 saturated carbocycles. The summed E-state index contributed by atoms with van der Waals surface area (Å²) in [7, 11) is -0.728. The number of benzene rings is 1. The molecule has 1 aliphatic rings. The first-order valence-corrected chi connectivity index (χ1v) is 8.84. The number of rotatable bonds is 5. The SMILES string of the molecule is CC(=O)NCC(=Cc1cc(Cl)cc(C(=O)O)c1N)B1OC(C)(C)C(C)(C)O1. The van der Waals surface area contributed by atoms with Gasteiger partial charge in [-0.05, 0) is 50.9 Å². The van der Waals surface area contributed by atoms with Gasteiger partial charge in [0, 0.05) is 18.5 Å². The van der Waals surface area contributed by atoms with E-state index in [1.165, 1.54) is 13.0 Å². The first-order chi connectivity index (χ1) is 12.3. The lowest BCUT2D eigenvalue weighted by Gasteiger charge is -2.32. The molecule has 7 nitrogen and oxygen atoms in total. The van der Waals surface area contributed by atoms with Crippen molar-refractivity contribution in [2.24, 2.45) is 0 Å². The van der Waals surface area contributed by atoms with Gasteiger partial charge in [-0.3, -0.25) is 4.79 Å². The van der Waals surface area contributed by atoms with E-state index in [9.17, 15) is 14.7 Å². The van der Waals surface area contributed by atoms with Gasteiger partial charge in [0.25, 0.3) is 0 Å². The highest BCUT2D eigenvalue weighted by atomic mass is 35.5. The predicted molar refractivity (Wildman–Crippen MR) is 106 cm³/mol.